The lowest BCUT2D eigenvalue weighted by Crippen LogP contribution is -2.47. The van der Waals surface area contributed by atoms with Crippen LogP contribution in [0.5, 0.6) is 5.75 Å². The summed E-state index contributed by atoms with van der Waals surface area (Å²) < 4.78 is 46.9. The van der Waals surface area contributed by atoms with Gasteiger partial charge in [-0.2, -0.15) is 13.9 Å². The molecular formula is C26H28ClF3N8O. The van der Waals surface area contributed by atoms with E-state index in [0.717, 1.165) is 18.7 Å². The normalized spacial score (nSPS) is 17.2. The predicted molar refractivity (Wildman–Crippen MR) is 145 cm³/mol. The number of nitrogens with zero attached hydrogens (tertiary/aromatic N) is 6. The zero-order valence-electron chi connectivity index (χ0n) is 21.3. The van der Waals surface area contributed by atoms with Gasteiger partial charge in [-0.3, -0.25) is 0 Å². The highest BCUT2D eigenvalue weighted by Gasteiger charge is 2.26. The molecule has 0 radical (unpaired) electrons. The van der Waals surface area contributed by atoms with E-state index in [1.54, 1.807) is 24.4 Å². The molecule has 3 N–H and O–H groups in total. The number of nitrogens with one attached hydrogen (secondary N) is 1. The highest BCUT2D eigenvalue weighted by Crippen LogP contribution is 2.36. The van der Waals surface area contributed by atoms with Crippen LogP contribution >= 0.6 is 12.4 Å². The average molecular weight is 561 g/mol. The van der Waals surface area contributed by atoms with Crippen LogP contribution in [0.2, 0.25) is 0 Å². The molecule has 39 heavy (non-hydrogen) atoms. The first-order valence-electron chi connectivity index (χ1n) is 12.1. The molecule has 0 bridgehead atoms. The highest BCUT2D eigenvalue weighted by atomic mass is 35.5. The quantitative estimate of drug-likeness (QED) is 0.314. The molecule has 206 valence electrons. The molecule has 3 aromatic heterocycles. The number of anilines is 3. The third-order valence-corrected chi connectivity index (χ3v) is 6.68. The van der Waals surface area contributed by atoms with Crippen molar-refractivity contribution in [1.82, 2.24) is 24.7 Å². The summed E-state index contributed by atoms with van der Waals surface area (Å²) in [4.78, 5) is 15.3. The molecule has 1 fully saturated rings. The number of hydrogen-bond donors (Lipinski definition) is 2. The summed E-state index contributed by atoms with van der Waals surface area (Å²) in [6, 6.07) is 7.92. The van der Waals surface area contributed by atoms with E-state index in [1.165, 1.54) is 31.8 Å². The van der Waals surface area contributed by atoms with Gasteiger partial charge in [0.25, 0.3) is 0 Å². The molecule has 0 amide bonds. The summed E-state index contributed by atoms with van der Waals surface area (Å²) in [5.41, 5.74) is 8.46. The summed E-state index contributed by atoms with van der Waals surface area (Å²) >= 11 is 0. The molecule has 0 spiro atoms. The van der Waals surface area contributed by atoms with Crippen molar-refractivity contribution in [2.75, 3.05) is 30.4 Å². The van der Waals surface area contributed by atoms with E-state index in [-0.39, 0.29) is 29.8 Å². The van der Waals surface area contributed by atoms with Crippen LogP contribution in [0.25, 0.3) is 22.5 Å². The van der Waals surface area contributed by atoms with Crippen LogP contribution in [-0.2, 0) is 0 Å². The fourth-order valence-corrected chi connectivity index (χ4v) is 4.47. The van der Waals surface area contributed by atoms with Crippen LogP contribution in [0.1, 0.15) is 19.9 Å². The third-order valence-electron chi connectivity index (χ3n) is 6.68. The standard InChI is InChI=1S/C26H27F3N8O.ClH/c1-15-7-9-36(14-19(15)30)20-10-23(32-12-17(20)16-11-33-37(13-16)26(28)29)34-22-6-8-31-25(35-22)24-18(27)4-3-5-21(24)38-2;/h3-6,8,10-13,15,19,26H,7,9,14,30H2,1-2H3,(H,31,32,34,35);1H/t15-,19-;/m1./s1. The average Bonchev–Trinajstić information content (AvgIpc) is 3.41. The smallest absolute Gasteiger partial charge is 0.333 e. The lowest BCUT2D eigenvalue weighted by molar-refractivity contribution is 0.0566. The Balaban J connectivity index is 0.00000353. The summed E-state index contributed by atoms with van der Waals surface area (Å²) in [6.45, 7) is 0.724. The molecule has 9 nitrogen and oxygen atoms in total. The van der Waals surface area contributed by atoms with E-state index < -0.39 is 12.4 Å². The molecule has 0 aliphatic carbocycles. The third kappa shape index (κ3) is 5.91. The molecule has 13 heteroatoms. The Bertz CT molecular complexity index is 1440. The van der Waals surface area contributed by atoms with Crippen LogP contribution in [0.4, 0.5) is 30.5 Å². The summed E-state index contributed by atoms with van der Waals surface area (Å²) in [7, 11) is 1.45. The van der Waals surface area contributed by atoms with Crippen molar-refractivity contribution in [3.63, 3.8) is 0 Å². The number of nitrogens with two attached hydrogens (primary N) is 1. The number of alkyl halides is 2. The largest absolute Gasteiger partial charge is 0.496 e. The monoisotopic (exact) mass is 560 g/mol. The maximum atomic E-state index is 14.6. The van der Waals surface area contributed by atoms with Gasteiger partial charge in [-0.15, -0.1) is 12.4 Å². The Hall–Kier alpha value is -3.90. The molecule has 0 saturated carbocycles. The maximum absolute atomic E-state index is 14.6. The van der Waals surface area contributed by atoms with Gasteiger partial charge in [0, 0.05) is 60.6 Å². The molecule has 1 aliphatic rings. The minimum Gasteiger partial charge on any atom is -0.496 e. The second kappa shape index (κ2) is 11.9. The minimum absolute atomic E-state index is 0. The topological polar surface area (TPSA) is 107 Å². The molecule has 2 atom stereocenters. The van der Waals surface area contributed by atoms with Gasteiger partial charge in [0.1, 0.15) is 23.2 Å². The Morgan fingerprint density at radius 3 is 2.69 bits per heavy atom. The molecule has 1 aliphatic heterocycles. The van der Waals surface area contributed by atoms with Crippen molar-refractivity contribution in [2.24, 2.45) is 11.7 Å². The van der Waals surface area contributed by atoms with Gasteiger partial charge in [-0.25, -0.2) is 24.0 Å². The Morgan fingerprint density at radius 1 is 1.15 bits per heavy atom. The second-order valence-electron chi connectivity index (χ2n) is 9.16. The van der Waals surface area contributed by atoms with Gasteiger partial charge >= 0.3 is 6.55 Å². The zero-order chi connectivity index (χ0) is 26.8. The number of methoxy groups -OCH3 is 1. The van der Waals surface area contributed by atoms with Gasteiger partial charge < -0.3 is 20.7 Å². The number of rotatable bonds is 7. The van der Waals surface area contributed by atoms with E-state index in [4.69, 9.17) is 10.5 Å². The van der Waals surface area contributed by atoms with Crippen molar-refractivity contribution >= 4 is 29.7 Å². The van der Waals surface area contributed by atoms with Gasteiger partial charge in [0.15, 0.2) is 5.82 Å². The second-order valence-corrected chi connectivity index (χ2v) is 9.16. The number of piperidine rings is 1. The summed E-state index contributed by atoms with van der Waals surface area (Å²) in [5.74, 6) is 1.17. The number of aromatic nitrogens is 5. The highest BCUT2D eigenvalue weighted by molar-refractivity contribution is 5.85. The number of hydrogen-bond acceptors (Lipinski definition) is 8. The van der Waals surface area contributed by atoms with Crippen LogP contribution in [-0.4, -0.2) is 51.0 Å². The van der Waals surface area contributed by atoms with Crippen molar-refractivity contribution in [1.29, 1.82) is 0 Å². The van der Waals surface area contributed by atoms with Gasteiger partial charge in [-0.1, -0.05) is 13.0 Å². The van der Waals surface area contributed by atoms with E-state index in [0.29, 0.717) is 45.7 Å². The first-order chi connectivity index (χ1) is 18.3. The Kier molecular flexibility index (Phi) is 8.56. The molecule has 1 aromatic carbocycles. The first kappa shape index (κ1) is 28.1. The number of pyridine rings is 1. The Morgan fingerprint density at radius 2 is 1.97 bits per heavy atom. The zero-order valence-corrected chi connectivity index (χ0v) is 22.1. The van der Waals surface area contributed by atoms with Crippen molar-refractivity contribution < 1.29 is 17.9 Å². The first-order valence-corrected chi connectivity index (χ1v) is 12.1. The predicted octanol–water partition coefficient (Wildman–Crippen LogP) is 5.28. The van der Waals surface area contributed by atoms with Gasteiger partial charge in [0.2, 0.25) is 0 Å². The number of ether oxygens (including phenoxy) is 1. The molecule has 0 unspecified atom stereocenters. The van der Waals surface area contributed by atoms with Crippen LogP contribution < -0.4 is 20.7 Å². The minimum atomic E-state index is -2.75. The fourth-order valence-electron chi connectivity index (χ4n) is 4.47. The SMILES string of the molecule is COc1cccc(F)c1-c1nccc(Nc2cc(N3CC[C@@H](C)[C@H](N)C3)c(-c3cnn(C(F)F)c3)cn2)n1.Cl. The van der Waals surface area contributed by atoms with Crippen molar-refractivity contribution in [2.45, 2.75) is 25.9 Å². The summed E-state index contributed by atoms with van der Waals surface area (Å²) in [5, 5.41) is 6.93. The molecule has 4 heterocycles. The fraction of sp³-hybridized carbons (Fsp3) is 0.308. The molecular weight excluding hydrogens is 533 g/mol. The lowest BCUT2D eigenvalue weighted by Gasteiger charge is -2.37. The number of benzene rings is 1. The molecule has 4 aromatic rings. The summed E-state index contributed by atoms with van der Waals surface area (Å²) in [6.07, 6.45) is 6.70. The van der Waals surface area contributed by atoms with Gasteiger partial charge in [0.05, 0.1) is 18.9 Å². The lowest BCUT2D eigenvalue weighted by atomic mass is 9.93. The van der Waals surface area contributed by atoms with Crippen LogP contribution in [0.3, 0.4) is 0 Å². The molecule has 5 rings (SSSR count). The Labute approximate surface area is 229 Å². The van der Waals surface area contributed by atoms with E-state index in [1.807, 2.05) is 6.07 Å². The van der Waals surface area contributed by atoms with Crippen LogP contribution in [0.15, 0.2) is 55.1 Å². The number of halogens is 4. The van der Waals surface area contributed by atoms with Gasteiger partial charge in [-0.05, 0) is 30.5 Å². The maximum Gasteiger partial charge on any atom is 0.333 e. The van der Waals surface area contributed by atoms with Crippen molar-refractivity contribution in [3.05, 3.63) is 60.9 Å². The van der Waals surface area contributed by atoms with E-state index in [9.17, 15) is 13.2 Å². The van der Waals surface area contributed by atoms with Crippen molar-refractivity contribution in [3.8, 4) is 28.3 Å². The molecule has 1 saturated heterocycles. The van der Waals surface area contributed by atoms with E-state index >= 15 is 0 Å². The van der Waals surface area contributed by atoms with Crippen LogP contribution in [0, 0.1) is 11.7 Å². The van der Waals surface area contributed by atoms with E-state index in [2.05, 4.69) is 37.2 Å².